The van der Waals surface area contributed by atoms with Crippen molar-refractivity contribution in [3.8, 4) is 0 Å². The van der Waals surface area contributed by atoms with E-state index in [1.807, 2.05) is 18.2 Å². The summed E-state index contributed by atoms with van der Waals surface area (Å²) in [4.78, 5) is 14.9. The summed E-state index contributed by atoms with van der Waals surface area (Å²) in [6, 6.07) is 18.8. The molecule has 2 heterocycles. The van der Waals surface area contributed by atoms with Crippen LogP contribution in [0.3, 0.4) is 0 Å². The van der Waals surface area contributed by atoms with E-state index < -0.39 is 5.72 Å². The highest BCUT2D eigenvalue weighted by atomic mass is 16.5. The van der Waals surface area contributed by atoms with E-state index in [1.165, 1.54) is 11.1 Å². The van der Waals surface area contributed by atoms with Crippen molar-refractivity contribution in [3.05, 3.63) is 71.3 Å². The van der Waals surface area contributed by atoms with E-state index in [4.69, 9.17) is 4.74 Å². The van der Waals surface area contributed by atoms with Crippen molar-refractivity contribution in [2.75, 3.05) is 0 Å². The average Bonchev–Trinajstić information content (AvgIpc) is 3.10. The molecular formula is C20H19NO2. The molecule has 3 atom stereocenters. The van der Waals surface area contributed by atoms with Crippen LogP contribution in [-0.2, 0) is 21.7 Å². The van der Waals surface area contributed by atoms with E-state index in [1.54, 1.807) is 0 Å². The number of fused-ring (bicyclic) bond motifs is 5. The molecule has 1 amide bonds. The minimum absolute atomic E-state index is 0.0687. The molecule has 0 unspecified atom stereocenters. The predicted octanol–water partition coefficient (Wildman–Crippen LogP) is 3.55. The van der Waals surface area contributed by atoms with Gasteiger partial charge in [0.05, 0.1) is 12.1 Å². The topological polar surface area (TPSA) is 29.5 Å². The highest BCUT2D eigenvalue weighted by Gasteiger charge is 2.59. The van der Waals surface area contributed by atoms with Gasteiger partial charge in [-0.2, -0.15) is 0 Å². The van der Waals surface area contributed by atoms with Crippen molar-refractivity contribution in [1.82, 2.24) is 4.90 Å². The molecule has 2 fully saturated rings. The Morgan fingerprint density at radius 1 is 1.04 bits per heavy atom. The first-order valence-electron chi connectivity index (χ1n) is 8.43. The van der Waals surface area contributed by atoms with Gasteiger partial charge in [-0.05, 0) is 17.5 Å². The normalized spacial score (nSPS) is 31.7. The van der Waals surface area contributed by atoms with Crippen LogP contribution in [0.5, 0.6) is 0 Å². The van der Waals surface area contributed by atoms with Gasteiger partial charge in [0.2, 0.25) is 5.91 Å². The number of piperidine rings is 1. The zero-order valence-electron chi connectivity index (χ0n) is 12.9. The van der Waals surface area contributed by atoms with Crippen molar-refractivity contribution >= 4 is 5.91 Å². The Morgan fingerprint density at radius 3 is 2.70 bits per heavy atom. The van der Waals surface area contributed by atoms with E-state index in [9.17, 15) is 4.79 Å². The number of ether oxygens (including phenoxy) is 1. The van der Waals surface area contributed by atoms with Crippen LogP contribution in [0.4, 0.5) is 0 Å². The first-order chi connectivity index (χ1) is 11.3. The van der Waals surface area contributed by atoms with Crippen molar-refractivity contribution < 1.29 is 9.53 Å². The molecule has 2 aromatic rings. The Kier molecular flexibility index (Phi) is 2.71. The second-order valence-electron chi connectivity index (χ2n) is 6.77. The molecule has 2 aromatic carbocycles. The zero-order chi connectivity index (χ0) is 15.4. The van der Waals surface area contributed by atoms with Gasteiger partial charge in [0.1, 0.15) is 0 Å². The van der Waals surface area contributed by atoms with Crippen LogP contribution >= 0.6 is 0 Å². The number of carbonyl (C=O) groups is 1. The maximum Gasteiger partial charge on any atom is 0.225 e. The molecule has 3 aliphatic rings. The third-order valence-electron chi connectivity index (χ3n) is 5.56. The Bertz CT molecular complexity index is 772. The van der Waals surface area contributed by atoms with Gasteiger partial charge in [-0.25, -0.2) is 0 Å². The fourth-order valence-electron chi connectivity index (χ4n) is 4.67. The molecule has 1 aliphatic carbocycles. The largest absolute Gasteiger partial charge is 0.345 e. The molecule has 3 heteroatoms. The van der Waals surface area contributed by atoms with Gasteiger partial charge in [0.25, 0.3) is 0 Å². The number of benzene rings is 2. The molecule has 116 valence electrons. The first kappa shape index (κ1) is 13.3. The average molecular weight is 305 g/mol. The van der Waals surface area contributed by atoms with Crippen LogP contribution in [-0.4, -0.2) is 16.9 Å². The lowest BCUT2D eigenvalue weighted by atomic mass is 9.89. The molecule has 0 radical (unpaired) electrons. The molecule has 2 saturated heterocycles. The molecular weight excluding hydrogens is 286 g/mol. The van der Waals surface area contributed by atoms with Crippen molar-refractivity contribution in [3.63, 3.8) is 0 Å². The lowest BCUT2D eigenvalue weighted by molar-refractivity contribution is -0.167. The summed E-state index contributed by atoms with van der Waals surface area (Å²) >= 11 is 0. The fourth-order valence-corrected chi connectivity index (χ4v) is 4.67. The van der Waals surface area contributed by atoms with Crippen molar-refractivity contribution in [2.45, 2.75) is 43.6 Å². The molecule has 3 nitrogen and oxygen atoms in total. The number of carbonyl (C=O) groups excluding carboxylic acids is 1. The van der Waals surface area contributed by atoms with Gasteiger partial charge in [-0.3, -0.25) is 4.79 Å². The van der Waals surface area contributed by atoms with Crippen LogP contribution in [0.15, 0.2) is 54.6 Å². The summed E-state index contributed by atoms with van der Waals surface area (Å²) in [5, 5.41) is 0. The molecule has 5 rings (SSSR count). The van der Waals surface area contributed by atoms with Gasteiger partial charge < -0.3 is 9.64 Å². The maximum atomic E-state index is 12.9. The second-order valence-corrected chi connectivity index (χ2v) is 6.77. The highest BCUT2D eigenvalue weighted by molar-refractivity contribution is 5.79. The third-order valence-corrected chi connectivity index (χ3v) is 5.56. The minimum atomic E-state index is -0.570. The van der Waals surface area contributed by atoms with Gasteiger partial charge >= 0.3 is 0 Å². The summed E-state index contributed by atoms with van der Waals surface area (Å²) < 4.78 is 6.62. The Balaban J connectivity index is 1.67. The van der Waals surface area contributed by atoms with Crippen LogP contribution in [0.1, 0.15) is 42.0 Å². The van der Waals surface area contributed by atoms with Gasteiger partial charge in [0.15, 0.2) is 5.72 Å². The second kappa shape index (κ2) is 4.68. The number of hydrogen-bond donors (Lipinski definition) is 0. The first-order valence-corrected chi connectivity index (χ1v) is 8.43. The van der Waals surface area contributed by atoms with Crippen LogP contribution in [0, 0.1) is 0 Å². The van der Waals surface area contributed by atoms with E-state index in [2.05, 4.69) is 41.3 Å². The van der Waals surface area contributed by atoms with E-state index in [0.717, 1.165) is 24.8 Å². The summed E-state index contributed by atoms with van der Waals surface area (Å²) in [5.74, 6) is 0.226. The van der Waals surface area contributed by atoms with E-state index in [0.29, 0.717) is 6.42 Å². The SMILES string of the molecule is O=C1CCC[C@@]2(c3ccccc3)O[C@@H]3Cc4ccccc4[C@@H]3N12. The van der Waals surface area contributed by atoms with Gasteiger partial charge in [-0.1, -0.05) is 54.6 Å². The number of rotatable bonds is 1. The third kappa shape index (κ3) is 1.71. The smallest absolute Gasteiger partial charge is 0.225 e. The summed E-state index contributed by atoms with van der Waals surface area (Å²) in [7, 11) is 0. The summed E-state index contributed by atoms with van der Waals surface area (Å²) in [6.07, 6.45) is 3.39. The maximum absolute atomic E-state index is 12.9. The predicted molar refractivity (Wildman–Crippen MR) is 86.6 cm³/mol. The Morgan fingerprint density at radius 2 is 1.83 bits per heavy atom. The van der Waals surface area contributed by atoms with E-state index in [-0.39, 0.29) is 18.1 Å². The van der Waals surface area contributed by atoms with Crippen molar-refractivity contribution in [2.24, 2.45) is 0 Å². The lowest BCUT2D eigenvalue weighted by Crippen LogP contribution is -2.49. The molecule has 0 N–H and O–H groups in total. The fraction of sp³-hybridized carbons (Fsp3) is 0.350. The highest BCUT2D eigenvalue weighted by Crippen LogP contribution is 2.55. The standard InChI is InChI=1S/C20H19NO2/c22-18-11-6-12-20(15-8-2-1-3-9-15)21(18)19-16-10-5-4-7-14(16)13-17(19)23-20/h1-5,7-10,17,19H,6,11-13H2/t17-,19+,20+/m1/s1. The van der Waals surface area contributed by atoms with Gasteiger partial charge in [-0.15, -0.1) is 0 Å². The monoisotopic (exact) mass is 305 g/mol. The number of nitrogens with zero attached hydrogens (tertiary/aromatic N) is 1. The number of hydrogen-bond acceptors (Lipinski definition) is 2. The Hall–Kier alpha value is -2.13. The molecule has 2 aliphatic heterocycles. The van der Waals surface area contributed by atoms with Crippen LogP contribution in [0.2, 0.25) is 0 Å². The minimum Gasteiger partial charge on any atom is -0.345 e. The molecule has 0 spiro atoms. The van der Waals surface area contributed by atoms with Gasteiger partial charge in [0, 0.05) is 24.8 Å². The van der Waals surface area contributed by atoms with E-state index >= 15 is 0 Å². The number of amides is 1. The molecule has 23 heavy (non-hydrogen) atoms. The quantitative estimate of drug-likeness (QED) is 0.806. The molecule has 0 aromatic heterocycles. The lowest BCUT2D eigenvalue weighted by Gasteiger charge is -2.43. The van der Waals surface area contributed by atoms with Crippen LogP contribution in [0.25, 0.3) is 0 Å². The molecule has 0 saturated carbocycles. The van der Waals surface area contributed by atoms with Crippen molar-refractivity contribution in [1.29, 1.82) is 0 Å². The zero-order valence-corrected chi connectivity index (χ0v) is 12.9. The van der Waals surface area contributed by atoms with Crippen LogP contribution < -0.4 is 0 Å². The Labute approximate surface area is 135 Å². The molecule has 0 bridgehead atoms. The summed E-state index contributed by atoms with van der Waals surface area (Å²) in [6.45, 7) is 0. The summed E-state index contributed by atoms with van der Waals surface area (Å²) in [5.41, 5.74) is 3.13.